The molecule has 5 aromatic heterocycles. The Morgan fingerprint density at radius 1 is 1.06 bits per heavy atom. The van der Waals surface area contributed by atoms with Crippen LogP contribution in [0.15, 0.2) is 67.5 Å². The lowest BCUT2D eigenvalue weighted by Crippen LogP contribution is -1.98. The molecule has 0 aliphatic rings. The molecule has 0 bridgehead atoms. The van der Waals surface area contributed by atoms with Gasteiger partial charge in [0.15, 0.2) is 5.65 Å². The third-order valence-corrected chi connectivity index (χ3v) is 5.33. The van der Waals surface area contributed by atoms with E-state index in [0.29, 0.717) is 5.65 Å². The van der Waals surface area contributed by atoms with E-state index in [1.54, 1.807) is 6.20 Å². The summed E-state index contributed by atoms with van der Waals surface area (Å²) in [5.41, 5.74) is 7.38. The van der Waals surface area contributed by atoms with E-state index in [0.717, 1.165) is 69.5 Å². The van der Waals surface area contributed by atoms with Crippen molar-refractivity contribution in [3.8, 4) is 22.5 Å². The molecule has 154 valence electrons. The molecule has 0 aliphatic carbocycles. The second-order valence-electron chi connectivity index (χ2n) is 7.63. The maximum absolute atomic E-state index is 4.55. The van der Waals surface area contributed by atoms with Crippen LogP contribution in [-0.2, 0) is 0 Å². The number of aromatic nitrogens is 6. The van der Waals surface area contributed by atoms with Gasteiger partial charge < -0.3 is 10.3 Å². The predicted octanol–water partition coefficient (Wildman–Crippen LogP) is 5.68. The molecule has 0 fully saturated rings. The highest BCUT2D eigenvalue weighted by molar-refractivity contribution is 5.95. The fourth-order valence-corrected chi connectivity index (χ4v) is 3.69. The monoisotopic (exact) mass is 409 g/mol. The van der Waals surface area contributed by atoms with Crippen LogP contribution in [0.1, 0.15) is 26.2 Å². The third kappa shape index (κ3) is 3.77. The van der Waals surface area contributed by atoms with Gasteiger partial charge in [-0.3, -0.25) is 15.1 Å². The molecule has 0 atom stereocenters. The first-order valence-corrected chi connectivity index (χ1v) is 10.4. The van der Waals surface area contributed by atoms with Crippen LogP contribution in [0.3, 0.4) is 0 Å². The minimum Gasteiger partial charge on any atom is -0.358 e. The van der Waals surface area contributed by atoms with Crippen molar-refractivity contribution in [3.63, 3.8) is 0 Å². The van der Waals surface area contributed by atoms with Crippen LogP contribution in [0.5, 0.6) is 0 Å². The number of aromatic amines is 2. The molecule has 0 amide bonds. The minimum absolute atomic E-state index is 0.672. The average Bonchev–Trinajstić information content (AvgIpc) is 3.41. The number of hydrogen-bond acceptors (Lipinski definition) is 5. The summed E-state index contributed by atoms with van der Waals surface area (Å²) in [6, 6.07) is 8.24. The van der Waals surface area contributed by atoms with Gasteiger partial charge in [0, 0.05) is 46.2 Å². The second kappa shape index (κ2) is 8.02. The van der Waals surface area contributed by atoms with Gasteiger partial charge in [0.2, 0.25) is 0 Å². The van der Waals surface area contributed by atoms with Crippen LogP contribution in [0.4, 0.5) is 5.69 Å². The molecule has 5 aromatic rings. The van der Waals surface area contributed by atoms with Crippen molar-refractivity contribution in [2.75, 3.05) is 5.32 Å². The maximum Gasteiger partial charge on any atom is 0.181 e. The van der Waals surface area contributed by atoms with Gasteiger partial charge in [-0.2, -0.15) is 5.10 Å². The van der Waals surface area contributed by atoms with Gasteiger partial charge in [-0.15, -0.1) is 0 Å². The van der Waals surface area contributed by atoms with Crippen LogP contribution in [-0.4, -0.2) is 30.1 Å². The van der Waals surface area contributed by atoms with E-state index < -0.39 is 0 Å². The van der Waals surface area contributed by atoms with Gasteiger partial charge in [-0.1, -0.05) is 19.9 Å². The lowest BCUT2D eigenvalue weighted by molar-refractivity contribution is 0.791. The van der Waals surface area contributed by atoms with Crippen molar-refractivity contribution in [1.82, 2.24) is 30.1 Å². The van der Waals surface area contributed by atoms with E-state index in [4.69, 9.17) is 0 Å². The smallest absolute Gasteiger partial charge is 0.181 e. The summed E-state index contributed by atoms with van der Waals surface area (Å²) in [6.07, 6.45) is 12.3. The summed E-state index contributed by atoms with van der Waals surface area (Å²) in [5.74, 6) is 0. The molecule has 7 heteroatoms. The Kier molecular flexibility index (Phi) is 4.92. The number of unbranched alkanes of at least 4 members (excludes halogenated alkanes) is 1. The number of rotatable bonds is 7. The Balaban J connectivity index is 1.49. The highest BCUT2D eigenvalue weighted by Crippen LogP contribution is 2.31. The largest absolute Gasteiger partial charge is 0.358 e. The Morgan fingerprint density at radius 2 is 1.97 bits per heavy atom. The van der Waals surface area contributed by atoms with Gasteiger partial charge in [0.05, 0.1) is 35.0 Å². The van der Waals surface area contributed by atoms with Crippen LogP contribution < -0.4 is 5.32 Å². The summed E-state index contributed by atoms with van der Waals surface area (Å²) in [5, 5.41) is 12.9. The molecule has 0 radical (unpaired) electrons. The van der Waals surface area contributed by atoms with Crippen LogP contribution in [0.25, 0.3) is 44.5 Å². The van der Waals surface area contributed by atoms with Gasteiger partial charge in [-0.25, -0.2) is 4.98 Å². The number of fused-ring (bicyclic) bond motifs is 2. The summed E-state index contributed by atoms with van der Waals surface area (Å²) in [6.45, 7) is 6.29. The summed E-state index contributed by atoms with van der Waals surface area (Å²) >= 11 is 0. The van der Waals surface area contributed by atoms with Crippen LogP contribution >= 0.6 is 0 Å². The molecule has 5 rings (SSSR count). The SMILES string of the molecule is C=C(CCCC)Nc1cncc(-c2cnc3n[nH]c(-c4cc5ccncc5[nH]4)c3c2)c1. The first kappa shape index (κ1) is 19.0. The Morgan fingerprint density at radius 3 is 2.84 bits per heavy atom. The molecule has 5 heterocycles. The van der Waals surface area contributed by atoms with Gasteiger partial charge in [-0.05, 0) is 37.1 Å². The fourth-order valence-electron chi connectivity index (χ4n) is 3.69. The van der Waals surface area contributed by atoms with Crippen LogP contribution in [0, 0.1) is 0 Å². The zero-order chi connectivity index (χ0) is 21.2. The number of hydrogen-bond donors (Lipinski definition) is 3. The maximum atomic E-state index is 4.55. The Labute approximate surface area is 179 Å². The highest BCUT2D eigenvalue weighted by Gasteiger charge is 2.13. The van der Waals surface area contributed by atoms with Crippen molar-refractivity contribution in [3.05, 3.63) is 67.5 Å². The summed E-state index contributed by atoms with van der Waals surface area (Å²) in [7, 11) is 0. The van der Waals surface area contributed by atoms with E-state index in [1.807, 2.05) is 30.9 Å². The van der Waals surface area contributed by atoms with E-state index in [2.05, 4.69) is 67.2 Å². The summed E-state index contributed by atoms with van der Waals surface area (Å²) in [4.78, 5) is 16.5. The molecule has 0 saturated heterocycles. The fraction of sp³-hybridized carbons (Fsp3) is 0.167. The number of nitrogens with zero attached hydrogens (tertiary/aromatic N) is 4. The van der Waals surface area contributed by atoms with E-state index in [9.17, 15) is 0 Å². The lowest BCUT2D eigenvalue weighted by atomic mass is 10.1. The minimum atomic E-state index is 0.672. The van der Waals surface area contributed by atoms with E-state index >= 15 is 0 Å². The topological polar surface area (TPSA) is 95.2 Å². The van der Waals surface area contributed by atoms with Gasteiger partial charge in [0.25, 0.3) is 0 Å². The zero-order valence-electron chi connectivity index (χ0n) is 17.3. The number of H-pyrrole nitrogens is 2. The van der Waals surface area contributed by atoms with Crippen molar-refractivity contribution in [1.29, 1.82) is 0 Å². The van der Waals surface area contributed by atoms with Crippen molar-refractivity contribution in [2.24, 2.45) is 0 Å². The Bertz CT molecular complexity index is 1350. The molecule has 31 heavy (non-hydrogen) atoms. The highest BCUT2D eigenvalue weighted by atomic mass is 15.2. The lowest BCUT2D eigenvalue weighted by Gasteiger charge is -2.10. The molecule has 0 spiro atoms. The van der Waals surface area contributed by atoms with Gasteiger partial charge in [0.1, 0.15) is 0 Å². The molecular weight excluding hydrogens is 386 g/mol. The molecular formula is C24H23N7. The molecule has 0 aromatic carbocycles. The standard InChI is InChI=1S/C24H23N7/c1-3-4-5-15(2)28-19-8-17(11-26-13-19)18-9-20-23(30-31-24(20)27-12-18)21-10-16-6-7-25-14-22(16)29-21/h6-14,28-29H,2-5H2,1H3,(H,27,30,31). The number of anilines is 1. The molecule has 0 aliphatic heterocycles. The van der Waals surface area contributed by atoms with E-state index in [-0.39, 0.29) is 0 Å². The van der Waals surface area contributed by atoms with E-state index in [1.165, 1.54) is 0 Å². The molecule has 7 nitrogen and oxygen atoms in total. The third-order valence-electron chi connectivity index (χ3n) is 5.33. The van der Waals surface area contributed by atoms with Crippen molar-refractivity contribution >= 4 is 27.6 Å². The normalized spacial score (nSPS) is 11.3. The second-order valence-corrected chi connectivity index (χ2v) is 7.63. The van der Waals surface area contributed by atoms with Crippen LogP contribution in [0.2, 0.25) is 0 Å². The molecule has 0 saturated carbocycles. The molecule has 3 N–H and O–H groups in total. The Hall–Kier alpha value is -4.00. The number of nitrogens with one attached hydrogen (secondary N) is 3. The first-order chi connectivity index (χ1) is 15.2. The summed E-state index contributed by atoms with van der Waals surface area (Å²) < 4.78 is 0. The number of allylic oxidation sites excluding steroid dienone is 1. The van der Waals surface area contributed by atoms with Gasteiger partial charge >= 0.3 is 0 Å². The zero-order valence-corrected chi connectivity index (χ0v) is 17.3. The average molecular weight is 409 g/mol. The number of pyridine rings is 3. The van der Waals surface area contributed by atoms with Crippen molar-refractivity contribution in [2.45, 2.75) is 26.2 Å². The molecule has 0 unspecified atom stereocenters. The predicted molar refractivity (Wildman–Crippen MR) is 124 cm³/mol. The first-order valence-electron chi connectivity index (χ1n) is 10.4. The quantitative estimate of drug-likeness (QED) is 0.321. The van der Waals surface area contributed by atoms with Crippen molar-refractivity contribution < 1.29 is 0 Å².